The Bertz CT molecular complexity index is 636. The Balaban J connectivity index is 2.40. The first-order chi connectivity index (χ1) is 9.88. The average molecular weight is 303 g/mol. The second-order valence-electron chi connectivity index (χ2n) is 5.53. The van der Waals surface area contributed by atoms with Gasteiger partial charge >= 0.3 is 5.97 Å². The molecule has 1 N–H and O–H groups in total. The van der Waals surface area contributed by atoms with Crippen molar-refractivity contribution in [3.8, 4) is 0 Å². The highest BCUT2D eigenvalue weighted by Crippen LogP contribution is 2.29. The molecular formula is C18H19ClO2. The molecule has 0 amide bonds. The maximum Gasteiger partial charge on any atom is 0.311 e. The van der Waals surface area contributed by atoms with Crippen LogP contribution in [-0.2, 0) is 11.2 Å². The van der Waals surface area contributed by atoms with Gasteiger partial charge in [0, 0.05) is 5.02 Å². The summed E-state index contributed by atoms with van der Waals surface area (Å²) < 4.78 is 0. The van der Waals surface area contributed by atoms with Crippen LogP contribution in [0.4, 0.5) is 0 Å². The minimum absolute atomic E-state index is 0.469. The molecule has 0 saturated heterocycles. The van der Waals surface area contributed by atoms with Crippen LogP contribution in [0, 0.1) is 20.8 Å². The molecule has 0 fully saturated rings. The van der Waals surface area contributed by atoms with Crippen molar-refractivity contribution in [2.75, 3.05) is 0 Å². The molecule has 3 heteroatoms. The third-order valence-corrected chi connectivity index (χ3v) is 3.99. The van der Waals surface area contributed by atoms with Gasteiger partial charge in [0.25, 0.3) is 0 Å². The van der Waals surface area contributed by atoms with Gasteiger partial charge in [0.05, 0.1) is 5.92 Å². The lowest BCUT2D eigenvalue weighted by atomic mass is 9.85. The number of aryl methyl sites for hydroxylation is 3. The van der Waals surface area contributed by atoms with Crippen molar-refractivity contribution in [3.05, 3.63) is 69.2 Å². The van der Waals surface area contributed by atoms with Crippen molar-refractivity contribution >= 4 is 17.6 Å². The van der Waals surface area contributed by atoms with Gasteiger partial charge in [0.1, 0.15) is 0 Å². The Labute approximate surface area is 130 Å². The van der Waals surface area contributed by atoms with Gasteiger partial charge in [-0.2, -0.15) is 0 Å². The van der Waals surface area contributed by atoms with Crippen molar-refractivity contribution in [1.82, 2.24) is 0 Å². The predicted octanol–water partition coefficient (Wildman–Crippen LogP) is 4.68. The van der Waals surface area contributed by atoms with Crippen LogP contribution >= 0.6 is 11.6 Å². The van der Waals surface area contributed by atoms with Crippen LogP contribution < -0.4 is 0 Å². The predicted molar refractivity (Wildman–Crippen MR) is 86.2 cm³/mol. The summed E-state index contributed by atoms with van der Waals surface area (Å²) in [5.41, 5.74) is 5.13. The van der Waals surface area contributed by atoms with Crippen molar-refractivity contribution < 1.29 is 9.90 Å². The molecule has 0 aliphatic rings. The Morgan fingerprint density at radius 1 is 1.10 bits per heavy atom. The third kappa shape index (κ3) is 3.64. The topological polar surface area (TPSA) is 37.3 Å². The number of carbonyl (C=O) groups is 1. The maximum atomic E-state index is 11.7. The fourth-order valence-electron chi connectivity index (χ4n) is 2.91. The van der Waals surface area contributed by atoms with Gasteiger partial charge in [0.2, 0.25) is 0 Å². The Kier molecular flexibility index (Phi) is 4.69. The van der Waals surface area contributed by atoms with Crippen molar-refractivity contribution in [2.24, 2.45) is 0 Å². The highest BCUT2D eigenvalue weighted by Gasteiger charge is 2.24. The summed E-state index contributed by atoms with van der Waals surface area (Å²) in [6.45, 7) is 5.99. The highest BCUT2D eigenvalue weighted by molar-refractivity contribution is 6.30. The molecular weight excluding hydrogens is 284 g/mol. The van der Waals surface area contributed by atoms with Crippen LogP contribution in [0.3, 0.4) is 0 Å². The van der Waals surface area contributed by atoms with E-state index in [1.807, 2.05) is 45.0 Å². The molecule has 0 spiro atoms. The molecule has 0 saturated carbocycles. The first-order valence-corrected chi connectivity index (χ1v) is 7.31. The number of halogens is 1. The largest absolute Gasteiger partial charge is 0.481 e. The monoisotopic (exact) mass is 302 g/mol. The summed E-state index contributed by atoms with van der Waals surface area (Å²) in [6, 6.07) is 11.4. The molecule has 0 heterocycles. The van der Waals surface area contributed by atoms with E-state index < -0.39 is 11.9 Å². The van der Waals surface area contributed by atoms with Gasteiger partial charge in [0.15, 0.2) is 0 Å². The molecule has 0 radical (unpaired) electrons. The molecule has 0 aromatic heterocycles. The van der Waals surface area contributed by atoms with Crippen LogP contribution in [-0.4, -0.2) is 11.1 Å². The van der Waals surface area contributed by atoms with E-state index in [0.29, 0.717) is 11.4 Å². The van der Waals surface area contributed by atoms with Gasteiger partial charge in [-0.1, -0.05) is 41.4 Å². The fraction of sp³-hybridized carbons (Fsp3) is 0.278. The van der Waals surface area contributed by atoms with E-state index in [2.05, 4.69) is 0 Å². The maximum absolute atomic E-state index is 11.7. The van der Waals surface area contributed by atoms with E-state index in [0.717, 1.165) is 27.8 Å². The van der Waals surface area contributed by atoms with Gasteiger partial charge in [-0.15, -0.1) is 0 Å². The molecule has 21 heavy (non-hydrogen) atoms. The van der Waals surface area contributed by atoms with Gasteiger partial charge < -0.3 is 5.11 Å². The first-order valence-electron chi connectivity index (χ1n) is 6.93. The van der Waals surface area contributed by atoms with Crippen LogP contribution in [0.15, 0.2) is 36.4 Å². The molecule has 0 aliphatic carbocycles. The van der Waals surface area contributed by atoms with E-state index >= 15 is 0 Å². The molecule has 1 atom stereocenters. The van der Waals surface area contributed by atoms with Crippen LogP contribution in [0.5, 0.6) is 0 Å². The number of carboxylic acid groups (broad SMARTS) is 1. The Hall–Kier alpha value is -1.80. The Morgan fingerprint density at radius 3 is 2.10 bits per heavy atom. The van der Waals surface area contributed by atoms with E-state index in [1.54, 1.807) is 12.1 Å². The minimum Gasteiger partial charge on any atom is -0.481 e. The summed E-state index contributed by atoms with van der Waals surface area (Å²) >= 11 is 5.88. The second-order valence-corrected chi connectivity index (χ2v) is 5.97. The van der Waals surface area contributed by atoms with E-state index in [1.165, 1.54) is 0 Å². The summed E-state index contributed by atoms with van der Waals surface area (Å²) in [6.07, 6.45) is 0.469. The number of rotatable bonds is 4. The molecule has 1 unspecified atom stereocenters. The number of aliphatic carboxylic acids is 1. The Morgan fingerprint density at radius 2 is 1.62 bits per heavy atom. The lowest BCUT2D eigenvalue weighted by Gasteiger charge is -2.19. The lowest BCUT2D eigenvalue weighted by molar-refractivity contribution is -0.138. The number of benzene rings is 2. The third-order valence-electron chi connectivity index (χ3n) is 3.74. The standard InChI is InChI=1S/C18H19ClO2/c1-11-8-12(2)17(13(3)9-11)16(18(20)21)10-14-4-6-15(19)7-5-14/h4-9,16H,10H2,1-3H3,(H,20,21). The zero-order valence-corrected chi connectivity index (χ0v) is 13.2. The highest BCUT2D eigenvalue weighted by atomic mass is 35.5. The van der Waals surface area contributed by atoms with Crippen molar-refractivity contribution in [2.45, 2.75) is 33.1 Å². The van der Waals surface area contributed by atoms with Crippen LogP contribution in [0.1, 0.15) is 33.7 Å². The van der Waals surface area contributed by atoms with Gasteiger partial charge in [-0.3, -0.25) is 4.79 Å². The number of hydrogen-bond donors (Lipinski definition) is 1. The van der Waals surface area contributed by atoms with E-state index in [9.17, 15) is 9.90 Å². The summed E-state index contributed by atoms with van der Waals surface area (Å²) in [5, 5.41) is 10.3. The lowest BCUT2D eigenvalue weighted by Crippen LogP contribution is -2.17. The SMILES string of the molecule is Cc1cc(C)c(C(Cc2ccc(Cl)cc2)C(=O)O)c(C)c1. The molecule has 2 aromatic carbocycles. The fourth-order valence-corrected chi connectivity index (χ4v) is 3.04. The number of carboxylic acids is 1. The molecule has 110 valence electrons. The molecule has 0 bridgehead atoms. The summed E-state index contributed by atoms with van der Waals surface area (Å²) in [5.74, 6) is -1.33. The molecule has 2 aromatic rings. The minimum atomic E-state index is -0.792. The van der Waals surface area contributed by atoms with Crippen molar-refractivity contribution in [3.63, 3.8) is 0 Å². The second kappa shape index (κ2) is 6.31. The zero-order valence-electron chi connectivity index (χ0n) is 12.5. The first kappa shape index (κ1) is 15.6. The van der Waals surface area contributed by atoms with E-state index in [4.69, 9.17) is 11.6 Å². The van der Waals surface area contributed by atoms with E-state index in [-0.39, 0.29) is 0 Å². The van der Waals surface area contributed by atoms with Crippen LogP contribution in [0.2, 0.25) is 5.02 Å². The average Bonchev–Trinajstić information content (AvgIpc) is 2.38. The molecule has 2 rings (SSSR count). The van der Waals surface area contributed by atoms with Gasteiger partial charge in [-0.05, 0) is 61.6 Å². The smallest absolute Gasteiger partial charge is 0.311 e. The van der Waals surface area contributed by atoms with Crippen molar-refractivity contribution in [1.29, 1.82) is 0 Å². The summed E-state index contributed by atoms with van der Waals surface area (Å²) in [7, 11) is 0. The van der Waals surface area contributed by atoms with Gasteiger partial charge in [-0.25, -0.2) is 0 Å². The van der Waals surface area contributed by atoms with Crippen LogP contribution in [0.25, 0.3) is 0 Å². The summed E-state index contributed by atoms with van der Waals surface area (Å²) in [4.78, 5) is 11.7. The normalized spacial score (nSPS) is 12.2. The zero-order chi connectivity index (χ0) is 15.6. The number of hydrogen-bond acceptors (Lipinski definition) is 1. The molecule has 2 nitrogen and oxygen atoms in total. The quantitative estimate of drug-likeness (QED) is 0.890. The molecule has 0 aliphatic heterocycles.